The van der Waals surface area contributed by atoms with Crippen LogP contribution in [-0.4, -0.2) is 32.5 Å². The van der Waals surface area contributed by atoms with E-state index >= 15 is 0 Å². The fourth-order valence-electron chi connectivity index (χ4n) is 5.07. The maximum Gasteiger partial charge on any atom is 0.306 e. The SMILES string of the molecule is CCCCCCC(O)(CC(=O)O)c1ccc2c(c1)OC(C)(C)[C@@]1(O)CC=C(C)C[C@H]21. The van der Waals surface area contributed by atoms with Crippen LogP contribution < -0.4 is 4.74 Å². The zero-order valence-corrected chi connectivity index (χ0v) is 18.7. The summed E-state index contributed by atoms with van der Waals surface area (Å²) in [5.41, 5.74) is -0.486. The second-order valence-corrected chi connectivity index (χ2v) is 9.71. The Labute approximate surface area is 179 Å². The molecule has 2 aliphatic rings. The standard InChI is InChI=1S/C25H36O5/c1-5-6-7-8-12-24(28,16-22(26)27)18-9-10-19-20-14-17(2)11-13-25(20,29)23(3,4)30-21(19)15-18/h9-11,15,20,28-29H,5-8,12-14,16H2,1-4H3,(H,26,27)/t20-,24?,25-/m1/s1. The topological polar surface area (TPSA) is 87.0 Å². The van der Waals surface area contributed by atoms with Crippen LogP contribution >= 0.6 is 0 Å². The van der Waals surface area contributed by atoms with Crippen LogP contribution in [0.5, 0.6) is 5.75 Å². The molecule has 0 spiro atoms. The van der Waals surface area contributed by atoms with E-state index in [1.165, 1.54) is 5.57 Å². The predicted octanol–water partition coefficient (Wildman–Crippen LogP) is 5.05. The summed E-state index contributed by atoms with van der Waals surface area (Å²) in [5, 5.41) is 32.2. The van der Waals surface area contributed by atoms with Crippen LogP contribution in [0.15, 0.2) is 29.8 Å². The molecule has 1 aliphatic carbocycles. The van der Waals surface area contributed by atoms with Crippen molar-refractivity contribution in [3.05, 3.63) is 41.0 Å². The molecule has 0 amide bonds. The number of carboxylic acids is 1. The van der Waals surface area contributed by atoms with Crippen LogP contribution in [0.3, 0.4) is 0 Å². The summed E-state index contributed by atoms with van der Waals surface area (Å²) in [6.45, 7) is 8.00. The number of aliphatic carboxylic acids is 1. The van der Waals surface area contributed by atoms with Crippen LogP contribution in [0.4, 0.5) is 0 Å². The highest BCUT2D eigenvalue weighted by Gasteiger charge is 2.56. The van der Waals surface area contributed by atoms with E-state index in [2.05, 4.69) is 19.9 Å². The van der Waals surface area contributed by atoms with Gasteiger partial charge < -0.3 is 20.1 Å². The summed E-state index contributed by atoms with van der Waals surface area (Å²) in [5.74, 6) is -0.471. The van der Waals surface area contributed by atoms with Gasteiger partial charge in [-0.1, -0.05) is 56.4 Å². The van der Waals surface area contributed by atoms with Crippen molar-refractivity contribution in [3.8, 4) is 5.75 Å². The first-order chi connectivity index (χ1) is 14.0. The van der Waals surface area contributed by atoms with Gasteiger partial charge in [0.05, 0.1) is 6.42 Å². The highest BCUT2D eigenvalue weighted by molar-refractivity contribution is 5.68. The second-order valence-electron chi connectivity index (χ2n) is 9.71. The number of hydrogen-bond acceptors (Lipinski definition) is 4. The second kappa shape index (κ2) is 8.35. The molecule has 0 radical (unpaired) electrons. The van der Waals surface area contributed by atoms with Gasteiger partial charge in [-0.25, -0.2) is 0 Å². The average Bonchev–Trinajstić information content (AvgIpc) is 2.66. The van der Waals surface area contributed by atoms with Crippen LogP contribution in [-0.2, 0) is 10.4 Å². The van der Waals surface area contributed by atoms with E-state index in [0.717, 1.165) is 37.7 Å². The molecule has 1 heterocycles. The largest absolute Gasteiger partial charge is 0.485 e. The Balaban J connectivity index is 1.98. The van der Waals surface area contributed by atoms with E-state index in [4.69, 9.17) is 4.74 Å². The summed E-state index contributed by atoms with van der Waals surface area (Å²) < 4.78 is 6.27. The van der Waals surface area contributed by atoms with E-state index in [1.54, 1.807) is 6.07 Å². The smallest absolute Gasteiger partial charge is 0.306 e. The van der Waals surface area contributed by atoms with Gasteiger partial charge in [0.1, 0.15) is 22.6 Å². The molecule has 3 N–H and O–H groups in total. The Bertz CT molecular complexity index is 827. The van der Waals surface area contributed by atoms with Crippen molar-refractivity contribution in [2.75, 3.05) is 0 Å². The zero-order chi connectivity index (χ0) is 22.2. The van der Waals surface area contributed by atoms with E-state index in [0.29, 0.717) is 24.2 Å². The van der Waals surface area contributed by atoms with Crippen molar-refractivity contribution in [3.63, 3.8) is 0 Å². The van der Waals surface area contributed by atoms with Crippen LogP contribution in [0, 0.1) is 0 Å². The lowest BCUT2D eigenvalue weighted by Gasteiger charge is -2.53. The quantitative estimate of drug-likeness (QED) is 0.408. The van der Waals surface area contributed by atoms with Gasteiger partial charge in [0.15, 0.2) is 0 Å². The van der Waals surface area contributed by atoms with E-state index < -0.39 is 22.8 Å². The van der Waals surface area contributed by atoms with Crippen molar-refractivity contribution in [1.29, 1.82) is 0 Å². The van der Waals surface area contributed by atoms with Crippen molar-refractivity contribution in [2.24, 2.45) is 0 Å². The van der Waals surface area contributed by atoms with E-state index in [9.17, 15) is 20.1 Å². The lowest BCUT2D eigenvalue weighted by Crippen LogP contribution is -2.60. The number of carboxylic acid groups (broad SMARTS) is 1. The summed E-state index contributed by atoms with van der Waals surface area (Å²) >= 11 is 0. The minimum atomic E-state index is -1.43. The summed E-state index contributed by atoms with van der Waals surface area (Å²) in [6, 6.07) is 5.53. The first kappa shape index (κ1) is 22.8. The maximum atomic E-state index is 11.5. The van der Waals surface area contributed by atoms with Crippen molar-refractivity contribution < 1.29 is 24.9 Å². The van der Waals surface area contributed by atoms with Crippen LogP contribution in [0.25, 0.3) is 0 Å². The Morgan fingerprint density at radius 1 is 1.27 bits per heavy atom. The predicted molar refractivity (Wildman–Crippen MR) is 117 cm³/mol. The van der Waals surface area contributed by atoms with Gasteiger partial charge >= 0.3 is 5.97 Å². The van der Waals surface area contributed by atoms with Crippen molar-refractivity contribution in [2.45, 2.75) is 102 Å². The molecule has 5 heteroatoms. The molecule has 0 saturated carbocycles. The molecule has 1 aromatic carbocycles. The monoisotopic (exact) mass is 416 g/mol. The molecule has 1 unspecified atom stereocenters. The lowest BCUT2D eigenvalue weighted by molar-refractivity contribution is -0.146. The zero-order valence-electron chi connectivity index (χ0n) is 18.7. The first-order valence-corrected chi connectivity index (χ1v) is 11.2. The number of ether oxygens (including phenoxy) is 1. The van der Waals surface area contributed by atoms with Crippen molar-refractivity contribution in [1.82, 2.24) is 0 Å². The normalized spacial score (nSPS) is 26.6. The fraction of sp³-hybridized carbons (Fsp3) is 0.640. The maximum absolute atomic E-state index is 11.5. The lowest BCUT2D eigenvalue weighted by atomic mass is 9.63. The Kier molecular flexibility index (Phi) is 6.35. The minimum absolute atomic E-state index is 0.0904. The average molecular weight is 417 g/mol. The molecule has 5 nitrogen and oxygen atoms in total. The van der Waals surface area contributed by atoms with Gasteiger partial charge in [-0.15, -0.1) is 0 Å². The van der Waals surface area contributed by atoms with Crippen molar-refractivity contribution >= 4 is 5.97 Å². The molecule has 0 saturated heterocycles. The molecule has 30 heavy (non-hydrogen) atoms. The Morgan fingerprint density at radius 3 is 2.67 bits per heavy atom. The fourth-order valence-corrected chi connectivity index (χ4v) is 5.07. The Morgan fingerprint density at radius 2 is 2.00 bits per heavy atom. The van der Waals surface area contributed by atoms with Gasteiger partial charge in [-0.05, 0) is 51.7 Å². The summed E-state index contributed by atoms with van der Waals surface area (Å²) in [4.78, 5) is 11.5. The van der Waals surface area contributed by atoms with Gasteiger partial charge in [0.25, 0.3) is 0 Å². The molecule has 166 valence electrons. The number of carbonyl (C=O) groups is 1. The number of allylic oxidation sites excluding steroid dienone is 1. The van der Waals surface area contributed by atoms with E-state index in [1.807, 2.05) is 26.0 Å². The number of fused-ring (bicyclic) bond motifs is 3. The van der Waals surface area contributed by atoms with Crippen LogP contribution in [0.2, 0.25) is 0 Å². The van der Waals surface area contributed by atoms with Gasteiger partial charge in [-0.3, -0.25) is 4.79 Å². The van der Waals surface area contributed by atoms with Crippen LogP contribution in [0.1, 0.15) is 96.1 Å². The molecule has 0 aromatic heterocycles. The number of rotatable bonds is 8. The van der Waals surface area contributed by atoms with Gasteiger partial charge in [0, 0.05) is 11.5 Å². The Hall–Kier alpha value is -1.85. The molecule has 0 bridgehead atoms. The molecular formula is C25H36O5. The molecule has 1 aliphatic heterocycles. The number of aliphatic hydroxyl groups is 2. The van der Waals surface area contributed by atoms with E-state index in [-0.39, 0.29) is 12.3 Å². The molecule has 0 fully saturated rings. The van der Waals surface area contributed by atoms with Gasteiger partial charge in [0.2, 0.25) is 0 Å². The third kappa shape index (κ3) is 4.15. The third-order valence-corrected chi connectivity index (χ3v) is 7.09. The molecule has 3 atom stereocenters. The number of benzene rings is 1. The first-order valence-electron chi connectivity index (χ1n) is 11.2. The molecule has 1 aromatic rings. The highest BCUT2D eigenvalue weighted by atomic mass is 16.5. The number of hydrogen-bond donors (Lipinski definition) is 3. The summed E-state index contributed by atoms with van der Waals surface area (Å²) in [7, 11) is 0. The molecule has 3 rings (SSSR count). The summed E-state index contributed by atoms with van der Waals surface area (Å²) in [6.07, 6.45) is 7.33. The third-order valence-electron chi connectivity index (χ3n) is 7.09. The van der Waals surface area contributed by atoms with Gasteiger partial charge in [-0.2, -0.15) is 0 Å². The number of unbranched alkanes of at least 4 members (excludes halogenated alkanes) is 3. The molecular weight excluding hydrogens is 380 g/mol. The highest BCUT2D eigenvalue weighted by Crippen LogP contribution is 2.54. The minimum Gasteiger partial charge on any atom is -0.485 e.